The van der Waals surface area contributed by atoms with Gasteiger partial charge in [0, 0.05) is 40.9 Å². The number of aromatic nitrogens is 1. The number of hydrogen-bond donors (Lipinski definition) is 0. The summed E-state index contributed by atoms with van der Waals surface area (Å²) in [6, 6.07) is 10.6. The Bertz CT molecular complexity index is 1410. The van der Waals surface area contributed by atoms with Crippen LogP contribution in [0.4, 0.5) is 5.69 Å². The summed E-state index contributed by atoms with van der Waals surface area (Å²) in [6.45, 7) is 8.66. The molecule has 0 spiro atoms. The van der Waals surface area contributed by atoms with E-state index in [0.29, 0.717) is 58.2 Å². The van der Waals surface area contributed by atoms with Gasteiger partial charge in [-0.25, -0.2) is 8.42 Å². The highest BCUT2D eigenvalue weighted by Gasteiger charge is 2.27. The first kappa shape index (κ1) is 25.6. The van der Waals surface area contributed by atoms with Crippen LogP contribution in [0.25, 0.3) is 17.2 Å². The summed E-state index contributed by atoms with van der Waals surface area (Å²) in [5, 5.41) is 1.12. The molecule has 0 N–H and O–H groups in total. The summed E-state index contributed by atoms with van der Waals surface area (Å²) in [5.41, 5.74) is 3.14. The number of aryl methyl sites for hydroxylation is 1. The van der Waals surface area contributed by atoms with Crippen molar-refractivity contribution in [3.63, 3.8) is 0 Å². The van der Waals surface area contributed by atoms with E-state index in [4.69, 9.17) is 39.3 Å². The number of hydrogen-bond acceptors (Lipinski definition) is 6. The molecule has 4 rings (SSSR count). The molecular formula is C25H24Cl2N2O5S. The van der Waals surface area contributed by atoms with E-state index in [2.05, 4.69) is 0 Å². The molecule has 0 saturated heterocycles. The lowest BCUT2D eigenvalue weighted by Crippen LogP contribution is -2.35. The quantitative estimate of drug-likeness (QED) is 0.262. The number of ether oxygens (including phenoxy) is 1. The Morgan fingerprint density at radius 3 is 2.66 bits per heavy atom. The Balaban J connectivity index is 1.72. The van der Waals surface area contributed by atoms with E-state index >= 15 is 0 Å². The van der Waals surface area contributed by atoms with Crippen LogP contribution in [-0.4, -0.2) is 25.3 Å². The molecule has 2 radical (unpaired) electrons. The predicted octanol–water partition coefficient (Wildman–Crippen LogP) is 5.60. The second-order valence-electron chi connectivity index (χ2n) is 8.03. The Hall–Kier alpha value is -2.52. The number of allylic oxidation sites excluding steroid dienone is 2. The molecule has 1 aliphatic heterocycles. The maximum Gasteiger partial charge on any atom is 0.374 e. The van der Waals surface area contributed by atoms with Crippen LogP contribution in [0, 0.1) is 6.92 Å². The lowest BCUT2D eigenvalue weighted by atomic mass is 10.1. The van der Waals surface area contributed by atoms with Gasteiger partial charge in [-0.05, 0) is 55.7 Å². The summed E-state index contributed by atoms with van der Waals surface area (Å²) in [6.07, 6.45) is 5.01. The smallest absolute Gasteiger partial charge is 0.374 e. The molecule has 35 heavy (non-hydrogen) atoms. The molecule has 184 valence electrons. The molecule has 3 aromatic rings. The van der Waals surface area contributed by atoms with Crippen LogP contribution < -0.4 is 14.2 Å². The molecule has 0 aliphatic carbocycles. The van der Waals surface area contributed by atoms with Crippen LogP contribution in [0.1, 0.15) is 32.1 Å². The fraction of sp³-hybridized carbons (Fsp3) is 0.280. The van der Waals surface area contributed by atoms with Crippen LogP contribution in [0.15, 0.2) is 58.3 Å². The molecule has 0 amide bonds. The number of halogens is 2. The maximum atomic E-state index is 11.1. The third-order valence-electron chi connectivity index (χ3n) is 5.54. The molecule has 0 unspecified atom stereocenters. The average Bonchev–Trinajstić information content (AvgIpc) is 3.30. The summed E-state index contributed by atoms with van der Waals surface area (Å²) < 4.78 is 47.5. The highest BCUT2D eigenvalue weighted by molar-refractivity contribution is 7.85. The van der Waals surface area contributed by atoms with Crippen molar-refractivity contribution in [1.29, 1.82) is 0 Å². The van der Waals surface area contributed by atoms with Crippen LogP contribution in [-0.2, 0) is 16.7 Å². The Labute approximate surface area is 214 Å². The molecule has 0 atom stereocenters. The van der Waals surface area contributed by atoms with E-state index in [1.165, 1.54) is 0 Å². The molecular weight excluding hydrogens is 511 g/mol. The van der Waals surface area contributed by atoms with Crippen molar-refractivity contribution in [3.8, 4) is 5.75 Å². The topological polar surface area (TPSA) is 86.7 Å². The molecule has 2 heterocycles. The van der Waals surface area contributed by atoms with Crippen molar-refractivity contribution >= 4 is 56.2 Å². The first-order valence-electron chi connectivity index (χ1n) is 11.1. The largest absolute Gasteiger partial charge is 0.748 e. The van der Waals surface area contributed by atoms with E-state index in [0.717, 1.165) is 11.1 Å². The highest BCUT2D eigenvalue weighted by Crippen LogP contribution is 2.41. The van der Waals surface area contributed by atoms with Gasteiger partial charge in [-0.2, -0.15) is 4.57 Å². The summed E-state index contributed by atoms with van der Waals surface area (Å²) >= 11 is 12.4. The van der Waals surface area contributed by atoms with Crippen LogP contribution in [0.2, 0.25) is 10.0 Å². The van der Waals surface area contributed by atoms with Gasteiger partial charge in [-0.3, -0.25) is 0 Å². The van der Waals surface area contributed by atoms with Gasteiger partial charge in [0.15, 0.2) is 12.3 Å². The summed E-state index contributed by atoms with van der Waals surface area (Å²) in [5.74, 6) is 1.24. The Morgan fingerprint density at radius 2 is 1.94 bits per heavy atom. The average molecular weight is 535 g/mol. The number of nitrogens with zero attached hydrogens (tertiary/aromatic N) is 2. The number of anilines is 1. The van der Waals surface area contributed by atoms with E-state index in [1.54, 1.807) is 24.3 Å². The number of oxazole rings is 1. The maximum absolute atomic E-state index is 11.1. The van der Waals surface area contributed by atoms with Gasteiger partial charge in [-0.1, -0.05) is 30.1 Å². The third-order valence-corrected chi connectivity index (χ3v) is 6.80. The third kappa shape index (κ3) is 6.01. The van der Waals surface area contributed by atoms with Crippen LogP contribution in [0.5, 0.6) is 5.75 Å². The lowest BCUT2D eigenvalue weighted by molar-refractivity contribution is -0.677. The fourth-order valence-corrected chi connectivity index (χ4v) is 4.73. The van der Waals surface area contributed by atoms with Gasteiger partial charge in [0.25, 0.3) is 5.52 Å². The lowest BCUT2D eigenvalue weighted by Gasteiger charge is -2.19. The van der Waals surface area contributed by atoms with Gasteiger partial charge < -0.3 is 18.6 Å². The summed E-state index contributed by atoms with van der Waals surface area (Å²) in [7, 11) is -4.32. The van der Waals surface area contributed by atoms with Gasteiger partial charge in [-0.15, -0.1) is 0 Å². The van der Waals surface area contributed by atoms with Crippen molar-refractivity contribution in [3.05, 3.63) is 76.8 Å². The minimum absolute atomic E-state index is 0.143. The first-order valence-corrected chi connectivity index (χ1v) is 13.4. The van der Waals surface area contributed by atoms with Crippen LogP contribution in [0.3, 0.4) is 0 Å². The zero-order valence-electron chi connectivity index (χ0n) is 19.0. The zero-order valence-corrected chi connectivity index (χ0v) is 21.4. The van der Waals surface area contributed by atoms with Gasteiger partial charge in [0.1, 0.15) is 0 Å². The monoisotopic (exact) mass is 534 g/mol. The minimum atomic E-state index is -4.32. The number of benzene rings is 2. The highest BCUT2D eigenvalue weighted by atomic mass is 35.5. The molecule has 0 fully saturated rings. The molecule has 0 bridgehead atoms. The second-order valence-corrected chi connectivity index (χ2v) is 10.4. The summed E-state index contributed by atoms with van der Waals surface area (Å²) in [4.78, 5) is 1.82. The zero-order chi connectivity index (χ0) is 25.2. The molecule has 1 aliphatic rings. The standard InChI is InChI=1S/C25H24Cl2N2O5S/c1-3-10-28-20-15-18(26)6-8-22(20)33-24(28)13-17(4-2)14-25-29(11-5-12-35(30,31)32)21-16-19(27)7-9-23(21)34-25/h1,6-9,13-16H,3-5,10-12H2,2H3. The van der Waals surface area contributed by atoms with E-state index in [1.807, 2.05) is 40.7 Å². The van der Waals surface area contributed by atoms with Crippen LogP contribution >= 0.6 is 23.2 Å². The van der Waals surface area contributed by atoms with E-state index < -0.39 is 15.9 Å². The Morgan fingerprint density at radius 1 is 1.20 bits per heavy atom. The molecule has 10 heteroatoms. The van der Waals surface area contributed by atoms with Crippen molar-refractivity contribution in [1.82, 2.24) is 0 Å². The fourth-order valence-electron chi connectivity index (χ4n) is 3.92. The second kappa shape index (κ2) is 10.6. The molecule has 2 aromatic carbocycles. The van der Waals surface area contributed by atoms with Crippen molar-refractivity contribution in [2.24, 2.45) is 0 Å². The van der Waals surface area contributed by atoms with Gasteiger partial charge in [0.2, 0.25) is 11.5 Å². The number of rotatable bonds is 9. The SMILES string of the molecule is [CH]CC[n+]1c(/C=C(\C=C2\Oc3ccc(Cl)cc3N2CCCS(=O)(=O)[O-])CC)oc2ccc(Cl)cc21. The first-order chi connectivity index (χ1) is 16.7. The minimum Gasteiger partial charge on any atom is -0.748 e. The van der Waals surface area contributed by atoms with Crippen molar-refractivity contribution < 1.29 is 26.7 Å². The Kier molecular flexibility index (Phi) is 7.76. The van der Waals surface area contributed by atoms with E-state index in [-0.39, 0.29) is 13.0 Å². The molecule has 0 saturated carbocycles. The normalized spacial score (nSPS) is 15.2. The van der Waals surface area contributed by atoms with Crippen molar-refractivity contribution in [2.45, 2.75) is 32.7 Å². The van der Waals surface area contributed by atoms with Crippen molar-refractivity contribution in [2.75, 3.05) is 17.2 Å². The predicted molar refractivity (Wildman–Crippen MR) is 135 cm³/mol. The van der Waals surface area contributed by atoms with E-state index in [9.17, 15) is 13.0 Å². The molecule has 7 nitrogen and oxygen atoms in total. The molecule has 1 aromatic heterocycles. The number of fused-ring (bicyclic) bond motifs is 2. The van der Waals surface area contributed by atoms with Gasteiger partial charge >= 0.3 is 5.89 Å². The van der Waals surface area contributed by atoms with Gasteiger partial charge in [0.05, 0.1) is 21.9 Å².